The van der Waals surface area contributed by atoms with Gasteiger partial charge < -0.3 is 0 Å². The first kappa shape index (κ1) is 8.06. The van der Waals surface area contributed by atoms with Crippen molar-refractivity contribution in [2.45, 2.75) is 19.8 Å². The second-order valence-electron chi connectivity index (χ2n) is 2.57. The Bertz CT molecular complexity index is 214. The summed E-state index contributed by atoms with van der Waals surface area (Å²) in [6.07, 6.45) is 17.1. The molecule has 0 aromatic heterocycles. The molecule has 0 radical (unpaired) electrons. The third-order valence-corrected chi connectivity index (χ3v) is 1.59. The van der Waals surface area contributed by atoms with Crippen molar-refractivity contribution in [3.63, 3.8) is 0 Å². The molecule has 1 aliphatic rings. The van der Waals surface area contributed by atoms with E-state index in [1.54, 1.807) is 0 Å². The number of allylic oxidation sites excluding steroid dienone is 8. The van der Waals surface area contributed by atoms with E-state index in [1.165, 1.54) is 5.57 Å². The summed E-state index contributed by atoms with van der Waals surface area (Å²) in [5.74, 6) is 0. The number of hydrogen-bond acceptors (Lipinski definition) is 0. The fraction of sp³-hybridized carbons (Fsp3) is 0.273. The third kappa shape index (κ3) is 3.03. The van der Waals surface area contributed by atoms with Crippen LogP contribution in [-0.2, 0) is 0 Å². The Balaban J connectivity index is 2.47. The smallest absolute Gasteiger partial charge is 0.00943 e. The van der Waals surface area contributed by atoms with Gasteiger partial charge in [-0.05, 0) is 18.4 Å². The lowest BCUT2D eigenvalue weighted by atomic mass is 10.1. The highest BCUT2D eigenvalue weighted by Gasteiger charge is 1.89. The van der Waals surface area contributed by atoms with Crippen LogP contribution >= 0.6 is 0 Å². The standard InChI is InChI=1S/C11H14/c1-2-3-5-8-11-9-6-4-7-10-11/h3-9H,2,10H2,1H3. The molecule has 0 unspecified atom stereocenters. The molecule has 0 atom stereocenters. The largest absolute Gasteiger partial charge is 0.0848 e. The second kappa shape index (κ2) is 4.73. The summed E-state index contributed by atoms with van der Waals surface area (Å²) < 4.78 is 0. The zero-order valence-corrected chi connectivity index (χ0v) is 6.96. The molecule has 0 amide bonds. The Kier molecular flexibility index (Phi) is 3.46. The van der Waals surface area contributed by atoms with E-state index in [4.69, 9.17) is 0 Å². The highest BCUT2D eigenvalue weighted by Crippen LogP contribution is 2.09. The van der Waals surface area contributed by atoms with Crippen LogP contribution in [-0.4, -0.2) is 0 Å². The van der Waals surface area contributed by atoms with E-state index >= 15 is 0 Å². The topological polar surface area (TPSA) is 0 Å². The molecule has 0 N–H and O–H groups in total. The summed E-state index contributed by atoms with van der Waals surface area (Å²) >= 11 is 0. The molecule has 0 heterocycles. The van der Waals surface area contributed by atoms with Gasteiger partial charge in [0.05, 0.1) is 0 Å². The van der Waals surface area contributed by atoms with Crippen molar-refractivity contribution in [2.24, 2.45) is 0 Å². The Hall–Kier alpha value is -1.04. The maximum atomic E-state index is 2.17. The normalized spacial score (nSPS) is 20.3. The Morgan fingerprint density at radius 1 is 1.45 bits per heavy atom. The summed E-state index contributed by atoms with van der Waals surface area (Å²) in [4.78, 5) is 0. The maximum absolute atomic E-state index is 2.17. The van der Waals surface area contributed by atoms with Crippen LogP contribution in [0, 0.1) is 0 Å². The fourth-order valence-electron chi connectivity index (χ4n) is 0.981. The lowest BCUT2D eigenvalue weighted by Crippen LogP contribution is -1.78. The van der Waals surface area contributed by atoms with Crippen molar-refractivity contribution in [2.75, 3.05) is 0 Å². The van der Waals surface area contributed by atoms with Crippen LogP contribution < -0.4 is 0 Å². The van der Waals surface area contributed by atoms with Crippen molar-refractivity contribution in [3.8, 4) is 0 Å². The molecular formula is C11H14. The molecule has 1 rings (SSSR count). The number of rotatable bonds is 2. The average Bonchev–Trinajstić information content (AvgIpc) is 2.07. The molecule has 0 aromatic rings. The minimum atomic E-state index is 1.07. The van der Waals surface area contributed by atoms with E-state index in [0.717, 1.165) is 12.8 Å². The molecule has 0 heteroatoms. The van der Waals surface area contributed by atoms with Crippen molar-refractivity contribution >= 4 is 0 Å². The van der Waals surface area contributed by atoms with Crippen molar-refractivity contribution in [3.05, 3.63) is 48.1 Å². The molecule has 1 aliphatic carbocycles. The molecule has 58 valence electrons. The molecule has 0 aliphatic heterocycles. The van der Waals surface area contributed by atoms with Crippen LogP contribution in [0.1, 0.15) is 19.8 Å². The van der Waals surface area contributed by atoms with E-state index in [9.17, 15) is 0 Å². The SMILES string of the molecule is CCC=CC=C1C=CC=CC1. The minimum Gasteiger partial charge on any atom is -0.0848 e. The van der Waals surface area contributed by atoms with Crippen LogP contribution in [0.2, 0.25) is 0 Å². The molecule has 0 saturated heterocycles. The Morgan fingerprint density at radius 3 is 3.00 bits per heavy atom. The van der Waals surface area contributed by atoms with Gasteiger partial charge in [0, 0.05) is 0 Å². The van der Waals surface area contributed by atoms with Gasteiger partial charge in [-0.1, -0.05) is 49.5 Å². The summed E-state index contributed by atoms with van der Waals surface area (Å²) in [6.45, 7) is 2.14. The molecular weight excluding hydrogens is 132 g/mol. The van der Waals surface area contributed by atoms with Crippen LogP contribution in [0.4, 0.5) is 0 Å². The predicted octanol–water partition coefficient (Wildman–Crippen LogP) is 3.40. The van der Waals surface area contributed by atoms with Crippen LogP contribution in [0.3, 0.4) is 0 Å². The van der Waals surface area contributed by atoms with E-state index in [1.807, 2.05) is 0 Å². The average molecular weight is 146 g/mol. The molecule has 0 aromatic carbocycles. The van der Waals surface area contributed by atoms with E-state index in [0.29, 0.717) is 0 Å². The fourth-order valence-corrected chi connectivity index (χ4v) is 0.981. The van der Waals surface area contributed by atoms with Crippen molar-refractivity contribution in [1.82, 2.24) is 0 Å². The van der Waals surface area contributed by atoms with Crippen LogP contribution in [0.5, 0.6) is 0 Å². The summed E-state index contributed by atoms with van der Waals surface area (Å²) in [7, 11) is 0. The highest BCUT2D eigenvalue weighted by molar-refractivity contribution is 5.31. The quantitative estimate of drug-likeness (QED) is 0.560. The van der Waals surface area contributed by atoms with Gasteiger partial charge in [0.1, 0.15) is 0 Å². The van der Waals surface area contributed by atoms with Gasteiger partial charge in [-0.3, -0.25) is 0 Å². The van der Waals surface area contributed by atoms with E-state index in [2.05, 4.69) is 49.5 Å². The zero-order valence-electron chi connectivity index (χ0n) is 6.96. The lowest BCUT2D eigenvalue weighted by Gasteiger charge is -1.98. The summed E-state index contributed by atoms with van der Waals surface area (Å²) in [6, 6.07) is 0. The van der Waals surface area contributed by atoms with Gasteiger partial charge in [0.25, 0.3) is 0 Å². The Morgan fingerprint density at radius 2 is 2.36 bits per heavy atom. The van der Waals surface area contributed by atoms with Gasteiger partial charge in [-0.25, -0.2) is 0 Å². The minimum absolute atomic E-state index is 1.07. The second-order valence-corrected chi connectivity index (χ2v) is 2.57. The van der Waals surface area contributed by atoms with Gasteiger partial charge in [-0.2, -0.15) is 0 Å². The first-order chi connectivity index (χ1) is 5.43. The maximum Gasteiger partial charge on any atom is -0.00943 e. The highest BCUT2D eigenvalue weighted by atomic mass is 13.9. The van der Waals surface area contributed by atoms with Gasteiger partial charge in [-0.15, -0.1) is 0 Å². The predicted molar refractivity (Wildman–Crippen MR) is 50.4 cm³/mol. The first-order valence-corrected chi connectivity index (χ1v) is 4.12. The molecule has 0 spiro atoms. The van der Waals surface area contributed by atoms with Gasteiger partial charge in [0.15, 0.2) is 0 Å². The Labute approximate surface area is 68.6 Å². The molecule has 0 nitrogen and oxygen atoms in total. The van der Waals surface area contributed by atoms with Gasteiger partial charge >= 0.3 is 0 Å². The lowest BCUT2D eigenvalue weighted by molar-refractivity contribution is 1.22. The van der Waals surface area contributed by atoms with Crippen LogP contribution in [0.25, 0.3) is 0 Å². The van der Waals surface area contributed by atoms with E-state index in [-0.39, 0.29) is 0 Å². The summed E-state index contributed by atoms with van der Waals surface area (Å²) in [5.41, 5.74) is 1.39. The number of hydrogen-bond donors (Lipinski definition) is 0. The van der Waals surface area contributed by atoms with Crippen LogP contribution in [0.15, 0.2) is 48.1 Å². The van der Waals surface area contributed by atoms with E-state index < -0.39 is 0 Å². The van der Waals surface area contributed by atoms with Gasteiger partial charge in [0.2, 0.25) is 0 Å². The summed E-state index contributed by atoms with van der Waals surface area (Å²) in [5, 5.41) is 0. The zero-order chi connectivity index (χ0) is 7.94. The molecule has 0 bridgehead atoms. The third-order valence-electron chi connectivity index (χ3n) is 1.59. The molecule has 0 saturated carbocycles. The molecule has 11 heavy (non-hydrogen) atoms. The van der Waals surface area contributed by atoms with Crippen molar-refractivity contribution < 1.29 is 0 Å². The monoisotopic (exact) mass is 146 g/mol. The first-order valence-electron chi connectivity index (χ1n) is 4.12. The van der Waals surface area contributed by atoms with Crippen molar-refractivity contribution in [1.29, 1.82) is 0 Å². The molecule has 0 fully saturated rings.